The molecule has 0 saturated heterocycles. The van der Waals surface area contributed by atoms with Gasteiger partial charge in [0.15, 0.2) is 5.13 Å². The lowest BCUT2D eigenvalue weighted by Crippen LogP contribution is -2.14. The van der Waals surface area contributed by atoms with Gasteiger partial charge in [-0.3, -0.25) is 10.1 Å². The molecule has 102 valence electrons. The molecular weight excluding hydrogens is 272 g/mol. The number of carbonyl (C=O) groups excluding carboxylic acids is 1. The van der Waals surface area contributed by atoms with E-state index >= 15 is 0 Å². The highest BCUT2D eigenvalue weighted by Crippen LogP contribution is 2.41. The Hall–Kier alpha value is -1.82. The summed E-state index contributed by atoms with van der Waals surface area (Å²) in [6.07, 6.45) is 6.23. The number of rotatable bonds is 4. The van der Waals surface area contributed by atoms with E-state index in [1.165, 1.54) is 30.5 Å². The van der Waals surface area contributed by atoms with E-state index in [-0.39, 0.29) is 5.91 Å². The molecule has 2 aromatic rings. The van der Waals surface area contributed by atoms with Crippen LogP contribution in [0, 0.1) is 0 Å². The normalized spacial score (nSPS) is 18.0. The minimum absolute atomic E-state index is 0.203. The van der Waals surface area contributed by atoms with Crippen LogP contribution in [0.2, 0.25) is 0 Å². The molecule has 2 aliphatic carbocycles. The van der Waals surface area contributed by atoms with Gasteiger partial charge in [0, 0.05) is 22.9 Å². The van der Waals surface area contributed by atoms with E-state index in [1.807, 2.05) is 5.38 Å². The second-order valence-electron chi connectivity index (χ2n) is 5.41. The topological polar surface area (TPSA) is 67.8 Å². The van der Waals surface area contributed by atoms with Gasteiger partial charge in [-0.05, 0) is 31.7 Å². The first-order valence-corrected chi connectivity index (χ1v) is 7.76. The third-order valence-electron chi connectivity index (χ3n) is 3.65. The van der Waals surface area contributed by atoms with Gasteiger partial charge in [0.25, 0.3) is 5.91 Å². The highest BCUT2D eigenvalue weighted by Gasteiger charge is 2.27. The van der Waals surface area contributed by atoms with Gasteiger partial charge >= 0.3 is 0 Å². The predicted octanol–water partition coefficient (Wildman–Crippen LogP) is 2.94. The van der Waals surface area contributed by atoms with Crippen LogP contribution in [0.4, 0.5) is 5.13 Å². The number of hydrogen-bond acceptors (Lipinski definition) is 5. The zero-order valence-corrected chi connectivity index (χ0v) is 11.7. The predicted molar refractivity (Wildman–Crippen MR) is 76.0 cm³/mol. The summed E-state index contributed by atoms with van der Waals surface area (Å²) in [7, 11) is 0. The van der Waals surface area contributed by atoms with Gasteiger partial charge in [-0.15, -0.1) is 11.3 Å². The van der Waals surface area contributed by atoms with Gasteiger partial charge < -0.3 is 0 Å². The van der Waals surface area contributed by atoms with E-state index in [0.29, 0.717) is 22.7 Å². The molecule has 1 amide bonds. The number of aromatic nitrogens is 3. The molecule has 20 heavy (non-hydrogen) atoms. The maximum atomic E-state index is 12.2. The minimum Gasteiger partial charge on any atom is -0.296 e. The second-order valence-corrected chi connectivity index (χ2v) is 6.27. The van der Waals surface area contributed by atoms with Gasteiger partial charge in [0.2, 0.25) is 0 Å². The third-order valence-corrected chi connectivity index (χ3v) is 4.43. The largest absolute Gasteiger partial charge is 0.296 e. The van der Waals surface area contributed by atoms with Crippen LogP contribution in [0.5, 0.6) is 0 Å². The first kappa shape index (κ1) is 12.0. The quantitative estimate of drug-likeness (QED) is 0.938. The first-order valence-electron chi connectivity index (χ1n) is 6.88. The van der Waals surface area contributed by atoms with E-state index in [2.05, 4.69) is 20.3 Å². The minimum atomic E-state index is -0.203. The van der Waals surface area contributed by atoms with Gasteiger partial charge in [0.1, 0.15) is 12.0 Å². The molecule has 5 nitrogen and oxygen atoms in total. The van der Waals surface area contributed by atoms with Crippen molar-refractivity contribution < 1.29 is 4.79 Å². The molecule has 0 radical (unpaired) electrons. The highest BCUT2D eigenvalue weighted by atomic mass is 32.1. The molecule has 0 bridgehead atoms. The van der Waals surface area contributed by atoms with Crippen LogP contribution < -0.4 is 5.32 Å². The lowest BCUT2D eigenvalue weighted by molar-refractivity contribution is 0.102. The summed E-state index contributed by atoms with van der Waals surface area (Å²) in [6, 6.07) is 1.79. The molecule has 2 aromatic heterocycles. The number of nitrogens with zero attached hydrogens (tertiary/aromatic N) is 3. The summed E-state index contributed by atoms with van der Waals surface area (Å²) < 4.78 is 0. The standard InChI is InChI=1S/C14H14N4OS/c19-13(11-5-10(8-1-2-8)15-7-16-11)18-14-17-12(6-20-14)9-3-4-9/h5-9H,1-4H2,(H,17,18,19). The molecule has 0 atom stereocenters. The van der Waals surface area contributed by atoms with Crippen molar-refractivity contribution in [3.05, 3.63) is 34.9 Å². The number of hydrogen-bond donors (Lipinski definition) is 1. The first-order chi connectivity index (χ1) is 9.79. The molecule has 0 unspecified atom stereocenters. The van der Waals surface area contributed by atoms with Gasteiger partial charge in [0.05, 0.1) is 5.69 Å². The fourth-order valence-corrected chi connectivity index (χ4v) is 2.96. The Labute approximate surface area is 120 Å². The van der Waals surface area contributed by atoms with Crippen LogP contribution in [0.25, 0.3) is 0 Å². The summed E-state index contributed by atoms with van der Waals surface area (Å²) in [5, 5.41) is 5.51. The van der Waals surface area contributed by atoms with Crippen LogP contribution in [0.15, 0.2) is 17.8 Å². The molecule has 0 aromatic carbocycles. The molecular formula is C14H14N4OS. The van der Waals surface area contributed by atoms with Gasteiger partial charge in [-0.1, -0.05) is 0 Å². The lowest BCUT2D eigenvalue weighted by Gasteiger charge is -2.02. The molecule has 1 N–H and O–H groups in total. The van der Waals surface area contributed by atoms with E-state index in [0.717, 1.165) is 24.2 Å². The van der Waals surface area contributed by atoms with Crippen molar-refractivity contribution >= 4 is 22.4 Å². The fraction of sp³-hybridized carbons (Fsp3) is 0.429. The SMILES string of the molecule is O=C(Nc1nc(C2CC2)cs1)c1cc(C2CC2)ncn1. The summed E-state index contributed by atoms with van der Waals surface area (Å²) in [5.41, 5.74) is 2.50. The summed E-state index contributed by atoms with van der Waals surface area (Å²) in [4.78, 5) is 24.9. The molecule has 2 fully saturated rings. The zero-order chi connectivity index (χ0) is 13.5. The van der Waals surface area contributed by atoms with Crippen molar-refractivity contribution in [3.8, 4) is 0 Å². The fourth-order valence-electron chi connectivity index (χ4n) is 2.17. The molecule has 6 heteroatoms. The van der Waals surface area contributed by atoms with Gasteiger partial charge in [-0.25, -0.2) is 15.0 Å². The Bertz CT molecular complexity index is 661. The number of thiazole rings is 1. The van der Waals surface area contributed by atoms with Gasteiger partial charge in [-0.2, -0.15) is 0 Å². The molecule has 2 heterocycles. The van der Waals surface area contributed by atoms with Crippen molar-refractivity contribution in [1.29, 1.82) is 0 Å². The number of amides is 1. The van der Waals surface area contributed by atoms with Crippen LogP contribution in [-0.4, -0.2) is 20.9 Å². The number of carbonyl (C=O) groups is 1. The third kappa shape index (κ3) is 2.43. The van der Waals surface area contributed by atoms with E-state index in [4.69, 9.17) is 0 Å². The molecule has 2 saturated carbocycles. The van der Waals surface area contributed by atoms with Crippen LogP contribution in [0.3, 0.4) is 0 Å². The van der Waals surface area contributed by atoms with Crippen LogP contribution >= 0.6 is 11.3 Å². The molecule has 0 spiro atoms. The van der Waals surface area contributed by atoms with Crippen LogP contribution in [-0.2, 0) is 0 Å². The summed E-state index contributed by atoms with van der Waals surface area (Å²) in [5.74, 6) is 0.925. The Balaban J connectivity index is 1.49. The van der Waals surface area contributed by atoms with Crippen molar-refractivity contribution in [2.45, 2.75) is 37.5 Å². The maximum Gasteiger partial charge on any atom is 0.276 e. The Morgan fingerprint density at radius 1 is 1.15 bits per heavy atom. The Morgan fingerprint density at radius 3 is 2.65 bits per heavy atom. The van der Waals surface area contributed by atoms with Crippen molar-refractivity contribution in [1.82, 2.24) is 15.0 Å². The van der Waals surface area contributed by atoms with E-state index in [9.17, 15) is 4.79 Å². The lowest BCUT2D eigenvalue weighted by atomic mass is 10.2. The zero-order valence-electron chi connectivity index (χ0n) is 10.9. The number of nitrogens with one attached hydrogen (secondary N) is 1. The molecule has 0 aliphatic heterocycles. The average Bonchev–Trinajstić information content (AvgIpc) is 3.38. The molecule has 4 rings (SSSR count). The smallest absolute Gasteiger partial charge is 0.276 e. The highest BCUT2D eigenvalue weighted by molar-refractivity contribution is 7.14. The monoisotopic (exact) mass is 286 g/mol. The van der Waals surface area contributed by atoms with Crippen molar-refractivity contribution in [2.75, 3.05) is 5.32 Å². The maximum absolute atomic E-state index is 12.2. The van der Waals surface area contributed by atoms with E-state index in [1.54, 1.807) is 6.07 Å². The Kier molecular flexibility index (Phi) is 2.77. The van der Waals surface area contributed by atoms with Crippen molar-refractivity contribution in [2.24, 2.45) is 0 Å². The number of anilines is 1. The summed E-state index contributed by atoms with van der Waals surface area (Å²) >= 11 is 1.48. The average molecular weight is 286 g/mol. The van der Waals surface area contributed by atoms with Crippen molar-refractivity contribution in [3.63, 3.8) is 0 Å². The van der Waals surface area contributed by atoms with Crippen LogP contribution in [0.1, 0.15) is 59.4 Å². The Morgan fingerprint density at radius 2 is 1.90 bits per heavy atom. The second kappa shape index (κ2) is 4.63. The van der Waals surface area contributed by atoms with E-state index < -0.39 is 0 Å². The summed E-state index contributed by atoms with van der Waals surface area (Å²) in [6.45, 7) is 0. The molecule has 2 aliphatic rings.